The van der Waals surface area contributed by atoms with E-state index in [4.69, 9.17) is 11.6 Å². The molecule has 1 aromatic carbocycles. The van der Waals surface area contributed by atoms with E-state index in [9.17, 15) is 9.90 Å². The van der Waals surface area contributed by atoms with Crippen LogP contribution in [0, 0.1) is 6.92 Å². The number of nitrogens with zero attached hydrogens (tertiary/aromatic N) is 2. The smallest absolute Gasteiger partial charge is 0.340 e. The van der Waals surface area contributed by atoms with Crippen molar-refractivity contribution in [3.8, 4) is 5.69 Å². The largest absolute Gasteiger partial charge is 0.478 e. The third-order valence-corrected chi connectivity index (χ3v) is 3.35. The Morgan fingerprint density at radius 3 is 2.45 bits per heavy atom. The molecule has 0 fully saturated rings. The fourth-order valence-electron chi connectivity index (χ4n) is 2.04. The highest BCUT2D eigenvalue weighted by atomic mass is 35.5. The Hall–Kier alpha value is -1.81. The third-order valence-electron chi connectivity index (χ3n) is 3.00. The molecule has 0 atom stereocenters. The molecule has 4 nitrogen and oxygen atoms in total. The molecule has 1 heterocycles. The first-order valence-corrected chi connectivity index (χ1v) is 6.69. The van der Waals surface area contributed by atoms with Gasteiger partial charge in [-0.05, 0) is 24.6 Å². The summed E-state index contributed by atoms with van der Waals surface area (Å²) >= 11 is 6.24. The zero-order valence-electron chi connectivity index (χ0n) is 11.9. The van der Waals surface area contributed by atoms with E-state index in [0.29, 0.717) is 5.69 Å². The molecule has 0 aliphatic carbocycles. The quantitative estimate of drug-likeness (QED) is 0.915. The van der Waals surface area contributed by atoms with Crippen molar-refractivity contribution in [2.24, 2.45) is 0 Å². The molecule has 2 rings (SSSR count). The number of benzene rings is 1. The number of rotatable bonds is 2. The number of carbonyl (C=O) groups is 1. The molecule has 0 radical (unpaired) electrons. The lowest BCUT2D eigenvalue weighted by Gasteiger charge is -2.15. The van der Waals surface area contributed by atoms with Gasteiger partial charge in [0.15, 0.2) is 0 Å². The first kappa shape index (κ1) is 14.6. The Labute approximate surface area is 123 Å². The molecule has 106 valence electrons. The predicted molar refractivity (Wildman–Crippen MR) is 79.0 cm³/mol. The van der Waals surface area contributed by atoms with Crippen molar-refractivity contribution >= 4 is 17.6 Å². The Kier molecular flexibility index (Phi) is 3.61. The monoisotopic (exact) mass is 292 g/mol. The summed E-state index contributed by atoms with van der Waals surface area (Å²) in [5.74, 6) is -1.06. The minimum Gasteiger partial charge on any atom is -0.478 e. The molecular formula is C15H17ClN2O2. The van der Waals surface area contributed by atoms with Gasteiger partial charge in [0.05, 0.1) is 11.4 Å². The summed E-state index contributed by atoms with van der Waals surface area (Å²) in [5.41, 5.74) is 1.97. The van der Waals surface area contributed by atoms with Crippen LogP contribution in [-0.2, 0) is 5.41 Å². The number of carboxylic acid groups (broad SMARTS) is 1. The van der Waals surface area contributed by atoms with Gasteiger partial charge in [-0.1, -0.05) is 44.5 Å². The molecule has 5 heteroatoms. The lowest BCUT2D eigenvalue weighted by Crippen LogP contribution is -2.16. The van der Waals surface area contributed by atoms with E-state index in [1.165, 1.54) is 4.68 Å². The van der Waals surface area contributed by atoms with Crippen molar-refractivity contribution in [3.05, 3.63) is 46.2 Å². The van der Waals surface area contributed by atoms with Gasteiger partial charge in [-0.3, -0.25) is 0 Å². The number of aryl methyl sites for hydroxylation is 1. The maximum atomic E-state index is 11.5. The van der Waals surface area contributed by atoms with Gasteiger partial charge in [-0.15, -0.1) is 0 Å². The van der Waals surface area contributed by atoms with Gasteiger partial charge in [0, 0.05) is 5.41 Å². The van der Waals surface area contributed by atoms with E-state index >= 15 is 0 Å². The van der Waals surface area contributed by atoms with Crippen molar-refractivity contribution in [2.45, 2.75) is 33.1 Å². The van der Waals surface area contributed by atoms with Gasteiger partial charge < -0.3 is 5.11 Å². The second kappa shape index (κ2) is 4.94. The predicted octanol–water partition coefficient (Wildman–Crippen LogP) is 3.83. The highest BCUT2D eigenvalue weighted by Gasteiger charge is 2.30. The van der Waals surface area contributed by atoms with Gasteiger partial charge >= 0.3 is 5.97 Å². The Morgan fingerprint density at radius 2 is 2.00 bits per heavy atom. The number of aromatic nitrogens is 2. The van der Waals surface area contributed by atoms with Crippen molar-refractivity contribution < 1.29 is 9.90 Å². The minimum absolute atomic E-state index is 0.0701. The van der Waals surface area contributed by atoms with E-state index < -0.39 is 11.4 Å². The van der Waals surface area contributed by atoms with Crippen molar-refractivity contribution in [1.29, 1.82) is 0 Å². The number of halogens is 1. The average Bonchev–Trinajstić information content (AvgIpc) is 2.66. The zero-order valence-corrected chi connectivity index (χ0v) is 12.7. The molecule has 1 N–H and O–H groups in total. The van der Waals surface area contributed by atoms with Crippen molar-refractivity contribution in [1.82, 2.24) is 9.78 Å². The number of aromatic carboxylic acids is 1. The molecule has 0 unspecified atom stereocenters. The van der Waals surface area contributed by atoms with Gasteiger partial charge in [0.25, 0.3) is 0 Å². The second-order valence-electron chi connectivity index (χ2n) is 5.82. The first-order chi connectivity index (χ1) is 9.21. The molecule has 1 aromatic heterocycles. The van der Waals surface area contributed by atoms with Crippen LogP contribution in [0.25, 0.3) is 5.69 Å². The van der Waals surface area contributed by atoms with Gasteiger partial charge in [0.1, 0.15) is 10.7 Å². The summed E-state index contributed by atoms with van der Waals surface area (Å²) in [4.78, 5) is 11.5. The number of carboxylic acids is 1. The number of hydrogen-bond acceptors (Lipinski definition) is 2. The summed E-state index contributed by atoms with van der Waals surface area (Å²) in [7, 11) is 0. The lowest BCUT2D eigenvalue weighted by atomic mass is 9.89. The highest BCUT2D eigenvalue weighted by molar-refractivity contribution is 6.33. The summed E-state index contributed by atoms with van der Waals surface area (Å²) < 4.78 is 1.48. The molecule has 0 saturated heterocycles. The van der Waals surface area contributed by atoms with Gasteiger partial charge in [-0.2, -0.15) is 5.10 Å². The highest BCUT2D eigenvalue weighted by Crippen LogP contribution is 2.31. The summed E-state index contributed by atoms with van der Waals surface area (Å²) in [6.07, 6.45) is 0. The van der Waals surface area contributed by atoms with Gasteiger partial charge in [-0.25, -0.2) is 9.48 Å². The average molecular weight is 293 g/mol. The fourth-order valence-corrected chi connectivity index (χ4v) is 2.35. The van der Waals surface area contributed by atoms with E-state index in [-0.39, 0.29) is 10.7 Å². The molecular weight excluding hydrogens is 276 g/mol. The minimum atomic E-state index is -1.06. The van der Waals surface area contributed by atoms with Crippen molar-refractivity contribution in [2.75, 3.05) is 0 Å². The van der Waals surface area contributed by atoms with E-state index in [2.05, 4.69) is 5.10 Å². The Morgan fingerprint density at radius 1 is 1.35 bits per heavy atom. The molecule has 0 amide bonds. The lowest BCUT2D eigenvalue weighted by molar-refractivity contribution is 0.0694. The standard InChI is InChI=1S/C15H17ClN2O2/c1-9-6-5-7-10(8-9)18-13(16)11(14(19)20)12(17-18)15(2,3)4/h5-8H,1-4H3,(H,19,20). The SMILES string of the molecule is Cc1cccc(-n2nc(C(C)(C)C)c(C(=O)O)c2Cl)c1. The summed E-state index contributed by atoms with van der Waals surface area (Å²) in [5, 5.41) is 13.9. The van der Waals surface area contributed by atoms with Crippen LogP contribution >= 0.6 is 11.6 Å². The van der Waals surface area contributed by atoms with Crippen LogP contribution in [0.1, 0.15) is 42.4 Å². The van der Waals surface area contributed by atoms with E-state index in [1.54, 1.807) is 0 Å². The van der Waals surface area contributed by atoms with Crippen LogP contribution in [0.15, 0.2) is 24.3 Å². The maximum Gasteiger partial charge on any atom is 0.340 e. The van der Waals surface area contributed by atoms with Crippen LogP contribution in [0.3, 0.4) is 0 Å². The van der Waals surface area contributed by atoms with Crippen molar-refractivity contribution in [3.63, 3.8) is 0 Å². The second-order valence-corrected chi connectivity index (χ2v) is 6.18. The first-order valence-electron chi connectivity index (χ1n) is 6.31. The van der Waals surface area contributed by atoms with Crippen LogP contribution in [0.4, 0.5) is 0 Å². The van der Waals surface area contributed by atoms with Gasteiger partial charge in [0.2, 0.25) is 0 Å². The third kappa shape index (κ3) is 2.56. The molecule has 0 aliphatic rings. The molecule has 0 saturated carbocycles. The molecule has 20 heavy (non-hydrogen) atoms. The normalized spacial score (nSPS) is 11.7. The van der Waals surface area contributed by atoms with E-state index in [0.717, 1.165) is 11.3 Å². The topological polar surface area (TPSA) is 55.1 Å². The molecule has 0 bridgehead atoms. The van der Waals surface area contributed by atoms with Crippen LogP contribution in [-0.4, -0.2) is 20.9 Å². The fraction of sp³-hybridized carbons (Fsp3) is 0.333. The van der Waals surface area contributed by atoms with Crippen LogP contribution in [0.5, 0.6) is 0 Å². The van der Waals surface area contributed by atoms with E-state index in [1.807, 2.05) is 52.0 Å². The summed E-state index contributed by atoms with van der Waals surface area (Å²) in [6.45, 7) is 7.71. The molecule has 2 aromatic rings. The van der Waals surface area contributed by atoms with Crippen LogP contribution in [0.2, 0.25) is 5.15 Å². The Balaban J connectivity index is 2.71. The summed E-state index contributed by atoms with van der Waals surface area (Å²) in [6, 6.07) is 7.62. The zero-order chi connectivity index (χ0) is 15.1. The van der Waals surface area contributed by atoms with Crippen LogP contribution < -0.4 is 0 Å². The molecule has 0 aliphatic heterocycles. The number of hydrogen-bond donors (Lipinski definition) is 1. The maximum absolute atomic E-state index is 11.5. The Bertz CT molecular complexity index is 669. The molecule has 0 spiro atoms.